The van der Waals surface area contributed by atoms with Crippen LogP contribution in [0.3, 0.4) is 0 Å². The van der Waals surface area contributed by atoms with Crippen molar-refractivity contribution in [2.24, 2.45) is 0 Å². The Bertz CT molecular complexity index is 4440. The Balaban J connectivity index is 1.01. The maximum Gasteiger partial charge on any atom is 0.0546 e. The Morgan fingerprint density at radius 1 is 0.171 bits per heavy atom. The summed E-state index contributed by atoms with van der Waals surface area (Å²) in [6, 6.07) is 111. The van der Waals surface area contributed by atoms with Crippen LogP contribution < -0.4 is 9.80 Å². The molecule has 0 radical (unpaired) electrons. The van der Waals surface area contributed by atoms with Gasteiger partial charge in [0.15, 0.2) is 0 Å². The first-order valence-electron chi connectivity index (χ1n) is 26.1. The van der Waals surface area contributed by atoms with E-state index < -0.39 is 0 Å². The van der Waals surface area contributed by atoms with Crippen LogP contribution in [0.15, 0.2) is 303 Å². The van der Waals surface area contributed by atoms with Crippen molar-refractivity contribution in [1.29, 1.82) is 0 Å². The van der Waals surface area contributed by atoms with E-state index in [0.29, 0.717) is 0 Å². The maximum absolute atomic E-state index is 2.48. The van der Waals surface area contributed by atoms with Crippen LogP contribution >= 0.6 is 0 Å². The molecule has 0 fully saturated rings. The summed E-state index contributed by atoms with van der Waals surface area (Å²) in [6.07, 6.45) is 0. The molecular weight excluding hydrogens is 917 g/mol. The standard InChI is InChI=1S/C74H50N2/c1-3-19-57(20-4-1)69-49-66(75(72-31-15-27-55-23-11-13-29-67(55)72)64-41-37-53(38-42-64)61-35-33-51-17-7-9-25-59(51)45-61)47-63-48-74(71(50-70(63)69)58-21-5-2-6-22-58)76(73-32-16-28-56-24-12-14-30-68(56)73)65-43-39-54(40-44-65)62-36-34-52-18-8-10-26-60(52)46-62/h1-50H. The molecule has 0 N–H and O–H groups in total. The second kappa shape index (κ2) is 19.1. The first kappa shape index (κ1) is 44.7. The van der Waals surface area contributed by atoms with Crippen LogP contribution in [0.1, 0.15) is 0 Å². The summed E-state index contributed by atoms with van der Waals surface area (Å²) in [5, 5.41) is 12.0. The molecule has 0 saturated carbocycles. The van der Waals surface area contributed by atoms with Crippen LogP contribution in [0.2, 0.25) is 0 Å². The molecule has 2 nitrogen and oxygen atoms in total. The van der Waals surface area contributed by atoms with Gasteiger partial charge in [-0.3, -0.25) is 0 Å². The first-order chi connectivity index (χ1) is 37.7. The molecule has 0 aliphatic heterocycles. The van der Waals surface area contributed by atoms with Gasteiger partial charge in [-0.15, -0.1) is 0 Å². The number of hydrogen-bond donors (Lipinski definition) is 0. The molecule has 0 unspecified atom stereocenters. The fourth-order valence-corrected chi connectivity index (χ4v) is 11.4. The zero-order valence-electron chi connectivity index (χ0n) is 41.8. The van der Waals surface area contributed by atoms with Crippen LogP contribution in [0.25, 0.3) is 98.4 Å². The molecular formula is C74H50N2. The zero-order valence-corrected chi connectivity index (χ0v) is 41.8. The van der Waals surface area contributed by atoms with Crippen molar-refractivity contribution < 1.29 is 0 Å². The van der Waals surface area contributed by atoms with Crippen molar-refractivity contribution in [3.63, 3.8) is 0 Å². The lowest BCUT2D eigenvalue weighted by Crippen LogP contribution is -2.13. The van der Waals surface area contributed by atoms with Crippen molar-refractivity contribution >= 4 is 88.0 Å². The quantitative estimate of drug-likeness (QED) is 0.135. The Hall–Kier alpha value is -10.0. The van der Waals surface area contributed by atoms with Crippen molar-refractivity contribution in [3.05, 3.63) is 303 Å². The second-order valence-electron chi connectivity index (χ2n) is 19.7. The third kappa shape index (κ3) is 8.19. The highest BCUT2D eigenvalue weighted by atomic mass is 15.2. The third-order valence-corrected chi connectivity index (χ3v) is 15.2. The molecule has 0 amide bonds. The molecule has 0 aliphatic rings. The molecule has 0 heterocycles. The minimum absolute atomic E-state index is 1.07. The van der Waals surface area contributed by atoms with Crippen LogP contribution in [0, 0.1) is 0 Å². The minimum atomic E-state index is 1.07. The number of fused-ring (bicyclic) bond motifs is 5. The van der Waals surface area contributed by atoms with E-state index in [0.717, 1.165) is 61.8 Å². The van der Waals surface area contributed by atoms with Crippen LogP contribution in [0.5, 0.6) is 0 Å². The number of anilines is 6. The Morgan fingerprint density at radius 2 is 0.592 bits per heavy atom. The summed E-state index contributed by atoms with van der Waals surface area (Å²) in [4.78, 5) is 4.94. The summed E-state index contributed by atoms with van der Waals surface area (Å²) >= 11 is 0. The Morgan fingerprint density at radius 3 is 1.13 bits per heavy atom. The SMILES string of the molecule is c1ccc(-c2cc3c(-c4ccccc4)cc(N(c4ccc(-c5ccc6ccccc6c5)cc4)c4cccc5ccccc45)cc3cc2N(c2ccc(-c3ccc4ccccc4c3)cc2)c2cccc3ccccc23)cc1. The smallest absolute Gasteiger partial charge is 0.0546 e. The fraction of sp³-hybridized carbons (Fsp3) is 0. The maximum atomic E-state index is 2.48. The Kier molecular flexibility index (Phi) is 11.2. The highest BCUT2D eigenvalue weighted by Crippen LogP contribution is 2.49. The number of benzene rings is 14. The molecule has 0 bridgehead atoms. The lowest BCUT2D eigenvalue weighted by Gasteiger charge is -2.31. The van der Waals surface area contributed by atoms with Gasteiger partial charge in [-0.1, -0.05) is 231 Å². The average molecular weight is 967 g/mol. The molecule has 356 valence electrons. The summed E-state index contributed by atoms with van der Waals surface area (Å²) in [6.45, 7) is 0. The van der Waals surface area contributed by atoms with Crippen molar-refractivity contribution in [2.75, 3.05) is 9.80 Å². The summed E-state index contributed by atoms with van der Waals surface area (Å²) < 4.78 is 0. The van der Waals surface area contributed by atoms with Gasteiger partial charge >= 0.3 is 0 Å². The normalized spacial score (nSPS) is 11.4. The van der Waals surface area contributed by atoms with Crippen molar-refractivity contribution in [2.45, 2.75) is 0 Å². The van der Waals surface area contributed by atoms with Gasteiger partial charge in [0.05, 0.1) is 17.1 Å². The molecule has 0 aliphatic carbocycles. The van der Waals surface area contributed by atoms with E-state index in [1.807, 2.05) is 0 Å². The number of nitrogens with zero attached hydrogens (tertiary/aromatic N) is 2. The second-order valence-corrected chi connectivity index (χ2v) is 19.7. The predicted octanol–water partition coefficient (Wildman–Crippen LogP) is 21.1. The number of rotatable bonds is 10. The van der Waals surface area contributed by atoms with Crippen molar-refractivity contribution in [3.8, 4) is 44.5 Å². The van der Waals surface area contributed by atoms with Gasteiger partial charge in [0, 0.05) is 33.4 Å². The van der Waals surface area contributed by atoms with Gasteiger partial charge in [0.25, 0.3) is 0 Å². The van der Waals surface area contributed by atoms with Crippen LogP contribution in [0.4, 0.5) is 34.1 Å². The van der Waals surface area contributed by atoms with E-state index in [9.17, 15) is 0 Å². The molecule has 0 atom stereocenters. The molecule has 0 saturated heterocycles. The number of hydrogen-bond acceptors (Lipinski definition) is 2. The van der Waals surface area contributed by atoms with Gasteiger partial charge in [0.2, 0.25) is 0 Å². The van der Waals surface area contributed by atoms with Gasteiger partial charge in [-0.25, -0.2) is 0 Å². The van der Waals surface area contributed by atoms with E-state index in [1.54, 1.807) is 0 Å². The third-order valence-electron chi connectivity index (χ3n) is 15.2. The largest absolute Gasteiger partial charge is 0.310 e. The molecule has 0 spiro atoms. The topological polar surface area (TPSA) is 6.48 Å². The van der Waals surface area contributed by atoms with E-state index in [-0.39, 0.29) is 0 Å². The highest BCUT2D eigenvalue weighted by molar-refractivity contribution is 6.10. The molecule has 14 aromatic rings. The lowest BCUT2D eigenvalue weighted by atomic mass is 9.91. The van der Waals surface area contributed by atoms with Gasteiger partial charge in [-0.2, -0.15) is 0 Å². The van der Waals surface area contributed by atoms with E-state index >= 15 is 0 Å². The predicted molar refractivity (Wildman–Crippen MR) is 325 cm³/mol. The molecule has 14 aromatic carbocycles. The highest BCUT2D eigenvalue weighted by Gasteiger charge is 2.24. The fourth-order valence-electron chi connectivity index (χ4n) is 11.4. The molecule has 76 heavy (non-hydrogen) atoms. The molecule has 2 heteroatoms. The average Bonchev–Trinajstić information content (AvgIpc) is 3.55. The van der Waals surface area contributed by atoms with E-state index in [1.165, 1.54) is 70.7 Å². The van der Waals surface area contributed by atoms with Crippen LogP contribution in [-0.2, 0) is 0 Å². The van der Waals surface area contributed by atoms with Gasteiger partial charge in [0.1, 0.15) is 0 Å². The summed E-state index contributed by atoms with van der Waals surface area (Å²) in [7, 11) is 0. The minimum Gasteiger partial charge on any atom is -0.310 e. The first-order valence-corrected chi connectivity index (χ1v) is 26.1. The van der Waals surface area contributed by atoms with Gasteiger partial charge in [-0.05, 0) is 155 Å². The monoisotopic (exact) mass is 966 g/mol. The van der Waals surface area contributed by atoms with E-state index in [2.05, 4.69) is 313 Å². The van der Waals surface area contributed by atoms with Crippen molar-refractivity contribution in [1.82, 2.24) is 0 Å². The van der Waals surface area contributed by atoms with Crippen LogP contribution in [-0.4, -0.2) is 0 Å². The summed E-state index contributed by atoms with van der Waals surface area (Å²) in [5.41, 5.74) is 15.8. The summed E-state index contributed by atoms with van der Waals surface area (Å²) in [5.74, 6) is 0. The molecule has 14 rings (SSSR count). The lowest BCUT2D eigenvalue weighted by molar-refractivity contribution is 1.29. The molecule has 0 aromatic heterocycles. The zero-order chi connectivity index (χ0) is 50.4. The van der Waals surface area contributed by atoms with Gasteiger partial charge < -0.3 is 9.80 Å². The Labute approximate surface area is 443 Å². The van der Waals surface area contributed by atoms with E-state index in [4.69, 9.17) is 0 Å².